The van der Waals surface area contributed by atoms with Gasteiger partial charge in [-0.05, 0) is 37.8 Å². The van der Waals surface area contributed by atoms with Crippen molar-refractivity contribution >= 4 is 5.96 Å². The molecule has 1 fully saturated rings. The molecule has 0 bridgehead atoms. The van der Waals surface area contributed by atoms with E-state index in [4.69, 9.17) is 9.73 Å². The molecule has 4 heteroatoms. The number of ether oxygens (including phenoxy) is 1. The van der Waals surface area contributed by atoms with Crippen LogP contribution in [0.4, 0.5) is 0 Å². The van der Waals surface area contributed by atoms with Crippen LogP contribution in [0.3, 0.4) is 0 Å². The molecule has 0 aromatic heterocycles. The molecule has 4 nitrogen and oxygen atoms in total. The summed E-state index contributed by atoms with van der Waals surface area (Å²) in [4.78, 5) is 4.80. The van der Waals surface area contributed by atoms with Gasteiger partial charge in [0.2, 0.25) is 0 Å². The van der Waals surface area contributed by atoms with Gasteiger partial charge in [-0.2, -0.15) is 0 Å². The van der Waals surface area contributed by atoms with Gasteiger partial charge in [0.05, 0.1) is 6.54 Å². The molecule has 0 radical (unpaired) electrons. The Balaban J connectivity index is 1.72. The van der Waals surface area contributed by atoms with Crippen LogP contribution in [0.2, 0.25) is 0 Å². The Hall–Kier alpha value is -2.33. The highest BCUT2D eigenvalue weighted by atomic mass is 16.5. The summed E-state index contributed by atoms with van der Waals surface area (Å²) in [6.07, 6.45) is 2.06. The van der Waals surface area contributed by atoms with E-state index in [1.165, 1.54) is 16.7 Å². The van der Waals surface area contributed by atoms with Crippen molar-refractivity contribution < 1.29 is 4.74 Å². The number of aryl methyl sites for hydroxylation is 1. The van der Waals surface area contributed by atoms with Crippen LogP contribution in [0, 0.1) is 6.92 Å². The summed E-state index contributed by atoms with van der Waals surface area (Å²) in [5.74, 6) is 0.876. The Morgan fingerprint density at radius 1 is 1.04 bits per heavy atom. The summed E-state index contributed by atoms with van der Waals surface area (Å²) >= 11 is 0. The van der Waals surface area contributed by atoms with Crippen molar-refractivity contribution in [1.82, 2.24) is 10.6 Å². The molecule has 2 N–H and O–H groups in total. The lowest BCUT2D eigenvalue weighted by Gasteiger charge is -2.38. The Labute approximate surface area is 163 Å². The first-order chi connectivity index (χ1) is 13.2. The standard InChI is InChI=1S/C23H31N3O/c1-3-24-22(25-17-20-9-7-8-19(2)16-20)26-18-23(12-14-27-15-13-23)21-10-5-4-6-11-21/h4-11,16H,3,12-15,17-18H2,1-2H3,(H2,24,25,26). The maximum Gasteiger partial charge on any atom is 0.191 e. The minimum Gasteiger partial charge on any atom is -0.381 e. The fraction of sp³-hybridized carbons (Fsp3) is 0.435. The van der Waals surface area contributed by atoms with E-state index in [0.717, 1.165) is 45.1 Å². The van der Waals surface area contributed by atoms with Gasteiger partial charge < -0.3 is 15.4 Å². The number of aliphatic imine (C=N–C) groups is 1. The first kappa shape index (κ1) is 19.4. The van der Waals surface area contributed by atoms with Crippen LogP contribution in [-0.2, 0) is 16.7 Å². The minimum absolute atomic E-state index is 0.0963. The van der Waals surface area contributed by atoms with E-state index in [2.05, 4.69) is 79.1 Å². The largest absolute Gasteiger partial charge is 0.381 e. The van der Waals surface area contributed by atoms with Crippen molar-refractivity contribution in [2.24, 2.45) is 4.99 Å². The third kappa shape index (κ3) is 5.33. The quantitative estimate of drug-likeness (QED) is 0.605. The number of hydrogen-bond acceptors (Lipinski definition) is 2. The van der Waals surface area contributed by atoms with Gasteiger partial charge in [0.15, 0.2) is 5.96 Å². The summed E-state index contributed by atoms with van der Waals surface area (Å²) in [6, 6.07) is 19.3. The number of nitrogens with one attached hydrogen (secondary N) is 2. The summed E-state index contributed by atoms with van der Waals surface area (Å²) < 4.78 is 5.64. The molecule has 1 heterocycles. The lowest BCUT2D eigenvalue weighted by atomic mass is 9.74. The predicted molar refractivity (Wildman–Crippen MR) is 112 cm³/mol. The van der Waals surface area contributed by atoms with E-state index in [9.17, 15) is 0 Å². The van der Waals surface area contributed by atoms with Gasteiger partial charge in [-0.25, -0.2) is 4.99 Å². The maximum atomic E-state index is 5.64. The van der Waals surface area contributed by atoms with Crippen LogP contribution in [0.15, 0.2) is 59.6 Å². The first-order valence-electron chi connectivity index (χ1n) is 9.93. The second-order valence-electron chi connectivity index (χ2n) is 7.30. The average molecular weight is 366 g/mol. The second kappa shape index (κ2) is 9.56. The zero-order chi connectivity index (χ0) is 19.0. The molecule has 144 valence electrons. The second-order valence-corrected chi connectivity index (χ2v) is 7.30. The highest BCUT2D eigenvalue weighted by molar-refractivity contribution is 5.79. The lowest BCUT2D eigenvalue weighted by molar-refractivity contribution is 0.0514. The average Bonchev–Trinajstić information content (AvgIpc) is 2.71. The molecular formula is C23H31N3O. The van der Waals surface area contributed by atoms with Gasteiger partial charge in [0.25, 0.3) is 0 Å². The van der Waals surface area contributed by atoms with Gasteiger partial charge >= 0.3 is 0 Å². The number of guanidine groups is 1. The van der Waals surface area contributed by atoms with Crippen molar-refractivity contribution in [1.29, 1.82) is 0 Å². The van der Waals surface area contributed by atoms with E-state index in [1.807, 2.05) is 0 Å². The zero-order valence-corrected chi connectivity index (χ0v) is 16.5. The minimum atomic E-state index is 0.0963. The Morgan fingerprint density at radius 3 is 2.52 bits per heavy atom. The van der Waals surface area contributed by atoms with Crippen LogP contribution in [0.1, 0.15) is 36.5 Å². The zero-order valence-electron chi connectivity index (χ0n) is 16.5. The SMILES string of the molecule is CCNC(=NCc1cccc(C)c1)NCC1(c2ccccc2)CCOCC1. The Bertz CT molecular complexity index is 736. The number of hydrogen-bond donors (Lipinski definition) is 2. The van der Waals surface area contributed by atoms with Gasteiger partial charge in [-0.3, -0.25) is 0 Å². The smallest absolute Gasteiger partial charge is 0.191 e. The highest BCUT2D eigenvalue weighted by Crippen LogP contribution is 2.34. The fourth-order valence-electron chi connectivity index (χ4n) is 3.70. The van der Waals surface area contributed by atoms with E-state index >= 15 is 0 Å². The molecule has 1 saturated heterocycles. The summed E-state index contributed by atoms with van der Waals surface area (Å²) in [5, 5.41) is 6.98. The predicted octanol–water partition coefficient (Wildman–Crippen LogP) is 3.80. The molecule has 0 atom stereocenters. The molecule has 0 aliphatic carbocycles. The molecule has 1 aliphatic heterocycles. The van der Waals surface area contributed by atoms with Crippen molar-refractivity contribution in [2.75, 3.05) is 26.3 Å². The van der Waals surface area contributed by atoms with E-state index in [0.29, 0.717) is 6.54 Å². The van der Waals surface area contributed by atoms with Gasteiger partial charge in [-0.1, -0.05) is 60.2 Å². The molecule has 27 heavy (non-hydrogen) atoms. The van der Waals surface area contributed by atoms with E-state index in [1.54, 1.807) is 0 Å². The topological polar surface area (TPSA) is 45.7 Å². The fourth-order valence-corrected chi connectivity index (χ4v) is 3.70. The molecular weight excluding hydrogens is 334 g/mol. The number of nitrogens with zero attached hydrogens (tertiary/aromatic N) is 1. The highest BCUT2D eigenvalue weighted by Gasteiger charge is 2.34. The molecule has 0 spiro atoms. The Morgan fingerprint density at radius 2 is 1.81 bits per heavy atom. The van der Waals surface area contributed by atoms with Crippen LogP contribution in [0.25, 0.3) is 0 Å². The summed E-state index contributed by atoms with van der Waals surface area (Å²) in [7, 11) is 0. The normalized spacial score (nSPS) is 16.7. The summed E-state index contributed by atoms with van der Waals surface area (Å²) in [6.45, 7) is 8.23. The molecule has 2 aromatic rings. The first-order valence-corrected chi connectivity index (χ1v) is 9.93. The van der Waals surface area contributed by atoms with Crippen LogP contribution in [-0.4, -0.2) is 32.3 Å². The van der Waals surface area contributed by atoms with Crippen LogP contribution >= 0.6 is 0 Å². The lowest BCUT2D eigenvalue weighted by Crippen LogP contribution is -2.48. The third-order valence-electron chi connectivity index (χ3n) is 5.28. The monoisotopic (exact) mass is 365 g/mol. The molecule has 1 aliphatic rings. The van der Waals surface area contributed by atoms with Crippen molar-refractivity contribution in [3.05, 3.63) is 71.3 Å². The maximum absolute atomic E-state index is 5.64. The van der Waals surface area contributed by atoms with E-state index < -0.39 is 0 Å². The molecule has 0 unspecified atom stereocenters. The van der Waals surface area contributed by atoms with Crippen LogP contribution in [0.5, 0.6) is 0 Å². The van der Waals surface area contributed by atoms with Gasteiger partial charge in [0, 0.05) is 31.7 Å². The molecule has 3 rings (SSSR count). The Kier molecular flexibility index (Phi) is 6.88. The van der Waals surface area contributed by atoms with Gasteiger partial charge in [-0.15, -0.1) is 0 Å². The summed E-state index contributed by atoms with van der Waals surface area (Å²) in [5.41, 5.74) is 3.98. The van der Waals surface area contributed by atoms with Crippen molar-refractivity contribution in [3.63, 3.8) is 0 Å². The van der Waals surface area contributed by atoms with Gasteiger partial charge in [0.1, 0.15) is 0 Å². The molecule has 0 amide bonds. The van der Waals surface area contributed by atoms with E-state index in [-0.39, 0.29) is 5.41 Å². The molecule has 0 saturated carbocycles. The van der Waals surface area contributed by atoms with Crippen molar-refractivity contribution in [2.45, 2.75) is 38.6 Å². The number of rotatable bonds is 6. The third-order valence-corrected chi connectivity index (χ3v) is 5.28. The molecule has 2 aromatic carbocycles. The van der Waals surface area contributed by atoms with Crippen molar-refractivity contribution in [3.8, 4) is 0 Å². The number of benzene rings is 2. The van der Waals surface area contributed by atoms with Crippen LogP contribution < -0.4 is 10.6 Å².